The molecular weight excluding hydrogens is 244 g/mol. The number of aromatic nitrogens is 2. The lowest BCUT2D eigenvalue weighted by Crippen LogP contribution is -2.11. The Hall–Kier alpha value is -2.30. The van der Waals surface area contributed by atoms with Crippen molar-refractivity contribution in [1.82, 2.24) is 9.97 Å². The van der Waals surface area contributed by atoms with Crippen LogP contribution in [0.1, 0.15) is 19.0 Å². The maximum atomic E-state index is 11.9. The van der Waals surface area contributed by atoms with Crippen molar-refractivity contribution >= 4 is 17.1 Å². The van der Waals surface area contributed by atoms with Crippen LogP contribution < -0.4 is 15.0 Å². The summed E-state index contributed by atoms with van der Waals surface area (Å²) >= 11 is 0. The van der Waals surface area contributed by atoms with E-state index in [4.69, 9.17) is 9.47 Å². The smallest absolute Gasteiger partial charge is 0.274 e. The molecular formula is C14H16N2O3. The molecule has 0 aliphatic carbocycles. The maximum Gasteiger partial charge on any atom is 0.274 e. The summed E-state index contributed by atoms with van der Waals surface area (Å²) in [5, 5.41) is 0. The molecule has 2 rings (SSSR count). The van der Waals surface area contributed by atoms with Crippen molar-refractivity contribution in [1.29, 1.82) is 0 Å². The van der Waals surface area contributed by atoms with E-state index < -0.39 is 0 Å². The quantitative estimate of drug-likeness (QED) is 0.916. The summed E-state index contributed by atoms with van der Waals surface area (Å²) in [7, 11) is 3.11. The van der Waals surface area contributed by atoms with Crippen LogP contribution in [-0.2, 0) is 0 Å². The summed E-state index contributed by atoms with van der Waals surface area (Å²) in [4.78, 5) is 19.0. The number of nitrogens with one attached hydrogen (secondary N) is 1. The van der Waals surface area contributed by atoms with Crippen LogP contribution in [0, 0.1) is 0 Å². The second-order valence-electron chi connectivity index (χ2n) is 3.99. The van der Waals surface area contributed by atoms with Gasteiger partial charge in [0.2, 0.25) is 0 Å². The number of methoxy groups -OCH3 is 2. The Morgan fingerprint density at radius 3 is 2.58 bits per heavy atom. The normalized spacial score (nSPS) is 11.1. The molecule has 2 aromatic rings. The fourth-order valence-electron chi connectivity index (χ4n) is 1.77. The topological polar surface area (TPSA) is 64.2 Å². The van der Waals surface area contributed by atoms with E-state index in [0.717, 1.165) is 6.42 Å². The first-order valence-corrected chi connectivity index (χ1v) is 6.02. The molecule has 1 N–H and O–H groups in total. The number of nitrogens with zero attached hydrogens (tertiary/aromatic N) is 1. The van der Waals surface area contributed by atoms with E-state index in [-0.39, 0.29) is 5.56 Å². The van der Waals surface area contributed by atoms with Gasteiger partial charge in [0, 0.05) is 12.1 Å². The molecule has 0 saturated carbocycles. The highest BCUT2D eigenvalue weighted by Crippen LogP contribution is 2.30. The van der Waals surface area contributed by atoms with Gasteiger partial charge in [-0.2, -0.15) is 0 Å². The molecule has 0 amide bonds. The van der Waals surface area contributed by atoms with E-state index >= 15 is 0 Å². The van der Waals surface area contributed by atoms with Gasteiger partial charge in [0.15, 0.2) is 11.5 Å². The molecule has 0 aliphatic rings. The zero-order valence-corrected chi connectivity index (χ0v) is 11.2. The van der Waals surface area contributed by atoms with E-state index in [9.17, 15) is 4.79 Å². The molecule has 0 bridgehead atoms. The van der Waals surface area contributed by atoms with Crippen LogP contribution in [0.3, 0.4) is 0 Å². The molecule has 0 atom stereocenters. The predicted molar refractivity (Wildman–Crippen MR) is 74.8 cm³/mol. The average Bonchev–Trinajstić information content (AvgIpc) is 2.43. The molecule has 1 aromatic carbocycles. The van der Waals surface area contributed by atoms with Gasteiger partial charge in [0.05, 0.1) is 25.3 Å². The molecule has 100 valence electrons. The Morgan fingerprint density at radius 1 is 1.26 bits per heavy atom. The SMILES string of the molecule is CCC=Cc1nc2cc(OC)c(OC)cc2[nH]c1=O. The fraction of sp³-hybridized carbons (Fsp3) is 0.286. The van der Waals surface area contributed by atoms with Crippen LogP contribution in [0.5, 0.6) is 11.5 Å². The molecule has 5 nitrogen and oxygen atoms in total. The third-order valence-corrected chi connectivity index (χ3v) is 2.74. The first-order valence-electron chi connectivity index (χ1n) is 6.02. The Kier molecular flexibility index (Phi) is 3.85. The number of hydrogen-bond donors (Lipinski definition) is 1. The van der Waals surface area contributed by atoms with Gasteiger partial charge in [-0.15, -0.1) is 0 Å². The number of aromatic amines is 1. The second kappa shape index (κ2) is 5.56. The van der Waals surface area contributed by atoms with Gasteiger partial charge < -0.3 is 14.5 Å². The number of benzene rings is 1. The highest BCUT2D eigenvalue weighted by molar-refractivity contribution is 5.79. The van der Waals surface area contributed by atoms with E-state index in [0.29, 0.717) is 28.2 Å². The van der Waals surface area contributed by atoms with Crippen LogP contribution in [0.2, 0.25) is 0 Å². The molecule has 0 aliphatic heterocycles. The Labute approximate surface area is 110 Å². The monoisotopic (exact) mass is 260 g/mol. The van der Waals surface area contributed by atoms with Crippen molar-refractivity contribution in [2.24, 2.45) is 0 Å². The molecule has 0 fully saturated rings. The number of fused-ring (bicyclic) bond motifs is 1. The number of hydrogen-bond acceptors (Lipinski definition) is 4. The van der Waals surface area contributed by atoms with Crippen molar-refractivity contribution in [3.8, 4) is 11.5 Å². The molecule has 5 heteroatoms. The summed E-state index contributed by atoms with van der Waals surface area (Å²) in [6.07, 6.45) is 4.46. The molecule has 0 saturated heterocycles. The van der Waals surface area contributed by atoms with Crippen molar-refractivity contribution in [2.75, 3.05) is 14.2 Å². The number of ether oxygens (including phenoxy) is 2. The molecule has 0 unspecified atom stereocenters. The van der Waals surface area contributed by atoms with E-state index in [2.05, 4.69) is 9.97 Å². The highest BCUT2D eigenvalue weighted by Gasteiger charge is 2.09. The van der Waals surface area contributed by atoms with Gasteiger partial charge in [-0.05, 0) is 12.5 Å². The first-order chi connectivity index (χ1) is 9.19. The van der Waals surface area contributed by atoms with Gasteiger partial charge >= 0.3 is 0 Å². The fourth-order valence-corrected chi connectivity index (χ4v) is 1.77. The van der Waals surface area contributed by atoms with Crippen LogP contribution in [0.4, 0.5) is 0 Å². The summed E-state index contributed by atoms with van der Waals surface area (Å²) in [6, 6.07) is 3.45. The highest BCUT2D eigenvalue weighted by atomic mass is 16.5. The van der Waals surface area contributed by atoms with Gasteiger partial charge in [-0.3, -0.25) is 4.79 Å². The largest absolute Gasteiger partial charge is 0.493 e. The Balaban J connectivity index is 2.65. The summed E-state index contributed by atoms with van der Waals surface area (Å²) in [6.45, 7) is 2.00. The summed E-state index contributed by atoms with van der Waals surface area (Å²) in [5.74, 6) is 1.14. The molecule has 19 heavy (non-hydrogen) atoms. The minimum absolute atomic E-state index is 0.218. The molecule has 0 radical (unpaired) electrons. The Morgan fingerprint density at radius 2 is 1.95 bits per heavy atom. The lowest BCUT2D eigenvalue weighted by molar-refractivity contribution is 0.355. The second-order valence-corrected chi connectivity index (χ2v) is 3.99. The lowest BCUT2D eigenvalue weighted by Gasteiger charge is -2.08. The zero-order chi connectivity index (χ0) is 13.8. The van der Waals surface area contributed by atoms with Crippen LogP contribution >= 0.6 is 0 Å². The van der Waals surface area contributed by atoms with Crippen LogP contribution in [0.15, 0.2) is 23.0 Å². The number of allylic oxidation sites excluding steroid dienone is 1. The number of H-pyrrole nitrogens is 1. The van der Waals surface area contributed by atoms with Crippen molar-refractivity contribution in [3.05, 3.63) is 34.3 Å². The summed E-state index contributed by atoms with van der Waals surface area (Å²) < 4.78 is 10.4. The van der Waals surface area contributed by atoms with E-state index in [1.54, 1.807) is 32.4 Å². The molecule has 0 spiro atoms. The third-order valence-electron chi connectivity index (χ3n) is 2.74. The maximum absolute atomic E-state index is 11.9. The summed E-state index contributed by atoms with van der Waals surface area (Å²) in [5.41, 5.74) is 1.45. The van der Waals surface area contributed by atoms with Crippen molar-refractivity contribution in [3.63, 3.8) is 0 Å². The van der Waals surface area contributed by atoms with Crippen LogP contribution in [-0.4, -0.2) is 24.2 Å². The van der Waals surface area contributed by atoms with Crippen molar-refractivity contribution in [2.45, 2.75) is 13.3 Å². The van der Waals surface area contributed by atoms with Crippen LogP contribution in [0.25, 0.3) is 17.1 Å². The minimum atomic E-state index is -0.218. The average molecular weight is 260 g/mol. The molecule has 1 heterocycles. The Bertz CT molecular complexity index is 674. The minimum Gasteiger partial charge on any atom is -0.493 e. The van der Waals surface area contributed by atoms with Gasteiger partial charge in [-0.25, -0.2) is 4.98 Å². The van der Waals surface area contributed by atoms with E-state index in [1.807, 2.05) is 13.0 Å². The lowest BCUT2D eigenvalue weighted by atomic mass is 10.2. The number of rotatable bonds is 4. The third kappa shape index (κ3) is 2.59. The van der Waals surface area contributed by atoms with Crippen molar-refractivity contribution < 1.29 is 9.47 Å². The molecule has 1 aromatic heterocycles. The van der Waals surface area contributed by atoms with Gasteiger partial charge in [-0.1, -0.05) is 13.0 Å². The van der Waals surface area contributed by atoms with E-state index in [1.165, 1.54) is 0 Å². The van der Waals surface area contributed by atoms with Gasteiger partial charge in [0.1, 0.15) is 5.69 Å². The van der Waals surface area contributed by atoms with Gasteiger partial charge in [0.25, 0.3) is 5.56 Å². The predicted octanol–water partition coefficient (Wildman–Crippen LogP) is 2.36. The first kappa shape index (κ1) is 13.1. The zero-order valence-electron chi connectivity index (χ0n) is 11.2. The standard InChI is InChI=1S/C14H16N2O3/c1-4-5-6-9-14(17)16-11-8-13(19-3)12(18-2)7-10(11)15-9/h5-8H,4H2,1-3H3,(H,16,17).